The van der Waals surface area contributed by atoms with Crippen molar-refractivity contribution >= 4 is 21.6 Å². The van der Waals surface area contributed by atoms with Crippen LogP contribution in [0.3, 0.4) is 0 Å². The molecule has 140 valence electrons. The smallest absolute Gasteiger partial charge is 0.259 e. The van der Waals surface area contributed by atoms with Crippen LogP contribution in [0, 0.1) is 5.92 Å². The molecule has 4 nitrogen and oxygen atoms in total. The Labute approximate surface area is 163 Å². The van der Waals surface area contributed by atoms with Crippen molar-refractivity contribution in [2.24, 2.45) is 5.92 Å². The second kappa shape index (κ2) is 6.57. The highest BCUT2D eigenvalue weighted by molar-refractivity contribution is 7.18. The first-order valence-electron chi connectivity index (χ1n) is 9.95. The first-order valence-corrected chi connectivity index (χ1v) is 10.8. The number of benzene rings is 1. The lowest BCUT2D eigenvalue weighted by Gasteiger charge is -2.33. The van der Waals surface area contributed by atoms with Gasteiger partial charge in [-0.05, 0) is 55.2 Å². The van der Waals surface area contributed by atoms with Crippen LogP contribution in [-0.4, -0.2) is 21.4 Å². The van der Waals surface area contributed by atoms with Crippen LogP contribution in [0.1, 0.15) is 53.7 Å². The van der Waals surface area contributed by atoms with Crippen molar-refractivity contribution < 1.29 is 0 Å². The molecule has 0 spiro atoms. The predicted octanol–water partition coefficient (Wildman–Crippen LogP) is 4.23. The molecule has 2 aliphatic rings. The van der Waals surface area contributed by atoms with Crippen LogP contribution in [0.2, 0.25) is 0 Å². The Morgan fingerprint density at radius 2 is 2.07 bits per heavy atom. The summed E-state index contributed by atoms with van der Waals surface area (Å²) < 4.78 is 0. The summed E-state index contributed by atoms with van der Waals surface area (Å²) in [5.74, 6) is 1.51. The van der Waals surface area contributed by atoms with Gasteiger partial charge in [-0.25, -0.2) is 4.98 Å². The maximum absolute atomic E-state index is 12.9. The average Bonchev–Trinajstić information content (AvgIpc) is 3.04. The van der Waals surface area contributed by atoms with Gasteiger partial charge in [-0.1, -0.05) is 31.2 Å². The van der Waals surface area contributed by atoms with Crippen LogP contribution >= 0.6 is 11.3 Å². The van der Waals surface area contributed by atoms with Crippen molar-refractivity contribution in [3.8, 4) is 0 Å². The lowest BCUT2D eigenvalue weighted by Crippen LogP contribution is -2.34. The molecule has 3 heterocycles. The molecule has 1 aliphatic carbocycles. The number of thiophene rings is 1. The van der Waals surface area contributed by atoms with Gasteiger partial charge in [-0.2, -0.15) is 0 Å². The van der Waals surface area contributed by atoms with Gasteiger partial charge in [0.25, 0.3) is 5.56 Å². The van der Waals surface area contributed by atoms with E-state index in [1.807, 2.05) is 0 Å². The van der Waals surface area contributed by atoms with Crippen LogP contribution < -0.4 is 5.56 Å². The van der Waals surface area contributed by atoms with Crippen LogP contribution in [0.4, 0.5) is 0 Å². The summed E-state index contributed by atoms with van der Waals surface area (Å²) in [6.07, 6.45) is 4.32. The van der Waals surface area contributed by atoms with E-state index in [1.54, 1.807) is 11.3 Å². The molecule has 0 unspecified atom stereocenters. The molecule has 1 N–H and O–H groups in total. The van der Waals surface area contributed by atoms with Gasteiger partial charge in [0.15, 0.2) is 0 Å². The van der Waals surface area contributed by atoms with Crippen LogP contribution in [0.5, 0.6) is 0 Å². The van der Waals surface area contributed by atoms with E-state index in [1.165, 1.54) is 28.0 Å². The van der Waals surface area contributed by atoms with E-state index < -0.39 is 0 Å². The maximum atomic E-state index is 12.9. The van der Waals surface area contributed by atoms with Crippen LogP contribution in [0.25, 0.3) is 10.2 Å². The number of H-pyrrole nitrogens is 1. The minimum Gasteiger partial charge on any atom is -0.309 e. The Morgan fingerprint density at radius 1 is 1.26 bits per heavy atom. The highest BCUT2D eigenvalue weighted by Crippen LogP contribution is 2.36. The third-order valence-corrected chi connectivity index (χ3v) is 7.44. The van der Waals surface area contributed by atoms with E-state index in [2.05, 4.69) is 48.0 Å². The molecule has 0 saturated heterocycles. The largest absolute Gasteiger partial charge is 0.309 e. The number of aromatic nitrogens is 2. The van der Waals surface area contributed by atoms with Gasteiger partial charge in [0.2, 0.25) is 0 Å². The van der Waals surface area contributed by atoms with Gasteiger partial charge in [0, 0.05) is 18.0 Å². The normalized spacial score (nSPS) is 21.0. The standard InChI is InChI=1S/C22H25N3OS/c1-13-7-8-17-18(11-13)27-22-19(17)21(26)23-20(24-22)14(2)25-10-9-15-5-3-4-6-16(15)12-25/h3-6,13-14H,7-12H2,1-2H3,(H,23,24,26)/t13-,14-/m1/s1. The van der Waals surface area contributed by atoms with Crippen LogP contribution in [0.15, 0.2) is 29.1 Å². The molecular weight excluding hydrogens is 354 g/mol. The van der Waals surface area contributed by atoms with Crippen LogP contribution in [-0.2, 0) is 25.8 Å². The Bertz CT molecular complexity index is 1070. The minimum atomic E-state index is 0.0475. The second-order valence-electron chi connectivity index (χ2n) is 8.15. The van der Waals surface area contributed by atoms with Gasteiger partial charge in [-0.15, -0.1) is 11.3 Å². The molecule has 0 bridgehead atoms. The monoisotopic (exact) mass is 379 g/mol. The first kappa shape index (κ1) is 17.1. The molecule has 0 saturated carbocycles. The van der Waals surface area contributed by atoms with E-state index in [-0.39, 0.29) is 11.6 Å². The summed E-state index contributed by atoms with van der Waals surface area (Å²) >= 11 is 1.73. The second-order valence-corrected chi connectivity index (χ2v) is 9.23. The van der Waals surface area contributed by atoms with E-state index in [9.17, 15) is 4.79 Å². The number of aromatic amines is 1. The highest BCUT2D eigenvalue weighted by atomic mass is 32.1. The minimum absolute atomic E-state index is 0.0475. The molecule has 5 heteroatoms. The van der Waals surface area contributed by atoms with Crippen molar-refractivity contribution in [3.63, 3.8) is 0 Å². The number of rotatable bonds is 2. The molecule has 0 fully saturated rings. The van der Waals surface area contributed by atoms with E-state index in [0.29, 0.717) is 5.92 Å². The van der Waals surface area contributed by atoms with Gasteiger partial charge in [0.1, 0.15) is 10.7 Å². The Balaban J connectivity index is 1.49. The quantitative estimate of drug-likeness (QED) is 0.725. The molecule has 2 aromatic heterocycles. The molecule has 1 aromatic carbocycles. The lowest BCUT2D eigenvalue weighted by atomic mass is 9.89. The molecule has 3 aromatic rings. The summed E-state index contributed by atoms with van der Waals surface area (Å²) in [5, 5.41) is 0.849. The van der Waals surface area contributed by atoms with E-state index in [4.69, 9.17) is 4.98 Å². The maximum Gasteiger partial charge on any atom is 0.259 e. The molecule has 0 radical (unpaired) electrons. The SMILES string of the molecule is C[C@@H]1CCc2c(sc3nc([C@@H](C)N4CCc5ccccc5C4)[nH]c(=O)c23)C1. The number of fused-ring (bicyclic) bond motifs is 4. The van der Waals surface area contributed by atoms with Gasteiger partial charge in [0.05, 0.1) is 11.4 Å². The number of hydrogen-bond donors (Lipinski definition) is 1. The summed E-state index contributed by atoms with van der Waals surface area (Å²) in [6.45, 7) is 6.37. The Kier molecular flexibility index (Phi) is 4.17. The summed E-state index contributed by atoms with van der Waals surface area (Å²) in [6, 6.07) is 8.76. The van der Waals surface area contributed by atoms with Crippen molar-refractivity contribution in [2.45, 2.75) is 52.1 Å². The summed E-state index contributed by atoms with van der Waals surface area (Å²) in [5.41, 5.74) is 4.14. The van der Waals surface area contributed by atoms with Crippen molar-refractivity contribution in [1.29, 1.82) is 0 Å². The first-order chi connectivity index (χ1) is 13.1. The zero-order valence-corrected chi connectivity index (χ0v) is 16.7. The van der Waals surface area contributed by atoms with Gasteiger partial charge < -0.3 is 4.98 Å². The summed E-state index contributed by atoms with van der Waals surface area (Å²) in [7, 11) is 0. The van der Waals surface area contributed by atoms with Crippen molar-refractivity contribution in [3.05, 3.63) is 62.0 Å². The number of aryl methyl sites for hydroxylation is 1. The molecule has 1 aliphatic heterocycles. The van der Waals surface area contributed by atoms with Gasteiger partial charge in [-0.3, -0.25) is 9.69 Å². The average molecular weight is 380 g/mol. The van der Waals surface area contributed by atoms with Crippen molar-refractivity contribution in [2.75, 3.05) is 6.54 Å². The molecule has 2 atom stereocenters. The third kappa shape index (κ3) is 2.93. The highest BCUT2D eigenvalue weighted by Gasteiger charge is 2.26. The van der Waals surface area contributed by atoms with Crippen molar-refractivity contribution in [1.82, 2.24) is 14.9 Å². The lowest BCUT2D eigenvalue weighted by molar-refractivity contribution is 0.185. The fourth-order valence-corrected chi connectivity index (χ4v) is 5.97. The topological polar surface area (TPSA) is 49.0 Å². The molecule has 5 rings (SSSR count). The molecule has 27 heavy (non-hydrogen) atoms. The van der Waals surface area contributed by atoms with E-state index in [0.717, 1.165) is 48.4 Å². The number of hydrogen-bond acceptors (Lipinski definition) is 4. The fraction of sp³-hybridized carbons (Fsp3) is 0.455. The van der Waals surface area contributed by atoms with E-state index >= 15 is 0 Å². The third-order valence-electron chi connectivity index (χ3n) is 6.29. The Hall–Kier alpha value is -1.98. The molecular formula is C22H25N3OS. The Morgan fingerprint density at radius 3 is 2.93 bits per heavy atom. The zero-order chi connectivity index (χ0) is 18.5. The zero-order valence-electron chi connectivity index (χ0n) is 15.9. The molecule has 0 amide bonds. The fourth-order valence-electron chi connectivity index (χ4n) is 4.58. The van der Waals surface area contributed by atoms with Gasteiger partial charge >= 0.3 is 0 Å². The number of nitrogens with zero attached hydrogens (tertiary/aromatic N) is 2. The summed E-state index contributed by atoms with van der Waals surface area (Å²) in [4.78, 5) is 25.6. The predicted molar refractivity (Wildman–Crippen MR) is 110 cm³/mol. The number of nitrogens with one attached hydrogen (secondary N) is 1.